The fourth-order valence-corrected chi connectivity index (χ4v) is 2.74. The smallest absolute Gasteiger partial charge is 0.228 e. The first-order chi connectivity index (χ1) is 11.2. The van der Waals surface area contributed by atoms with Crippen molar-refractivity contribution in [2.24, 2.45) is 5.92 Å². The van der Waals surface area contributed by atoms with Crippen molar-refractivity contribution in [1.29, 1.82) is 0 Å². The molecular weight excluding hydrogens is 290 g/mol. The summed E-state index contributed by atoms with van der Waals surface area (Å²) in [5.41, 5.74) is 0.944. The van der Waals surface area contributed by atoms with Gasteiger partial charge in [0.15, 0.2) is 0 Å². The molecule has 3 heterocycles. The minimum absolute atomic E-state index is 0.0148. The lowest BCUT2D eigenvalue weighted by Crippen LogP contribution is -2.40. The van der Waals surface area contributed by atoms with E-state index in [0.29, 0.717) is 11.9 Å². The molecule has 1 fully saturated rings. The lowest BCUT2D eigenvalue weighted by molar-refractivity contribution is -0.0351. The van der Waals surface area contributed by atoms with Gasteiger partial charge < -0.3 is 10.1 Å². The van der Waals surface area contributed by atoms with Gasteiger partial charge in [-0.25, -0.2) is 15.0 Å². The van der Waals surface area contributed by atoms with E-state index < -0.39 is 0 Å². The minimum Gasteiger partial charge on any atom is -0.369 e. The molecular formula is C17H23N5O. The Morgan fingerprint density at radius 3 is 2.87 bits per heavy atom. The summed E-state index contributed by atoms with van der Waals surface area (Å²) < 4.78 is 5.92. The summed E-state index contributed by atoms with van der Waals surface area (Å²) >= 11 is 0. The van der Waals surface area contributed by atoms with Gasteiger partial charge >= 0.3 is 0 Å². The molecule has 2 aromatic rings. The van der Waals surface area contributed by atoms with Gasteiger partial charge in [-0.1, -0.05) is 19.9 Å². The van der Waals surface area contributed by atoms with Crippen molar-refractivity contribution in [2.45, 2.75) is 20.0 Å². The van der Waals surface area contributed by atoms with Crippen LogP contribution in [0, 0.1) is 5.92 Å². The van der Waals surface area contributed by atoms with E-state index in [2.05, 4.69) is 39.0 Å². The molecule has 122 valence electrons. The van der Waals surface area contributed by atoms with Crippen LogP contribution in [0.2, 0.25) is 0 Å². The van der Waals surface area contributed by atoms with E-state index in [4.69, 9.17) is 4.74 Å². The molecule has 0 aliphatic carbocycles. The number of rotatable bonds is 5. The average molecular weight is 313 g/mol. The molecule has 1 aliphatic rings. The van der Waals surface area contributed by atoms with Crippen molar-refractivity contribution in [3.63, 3.8) is 0 Å². The first-order valence-electron chi connectivity index (χ1n) is 8.05. The number of ether oxygens (including phenoxy) is 1. The SMILES string of the molecule is CC(C)CN1CCOC(c2cccc(Nc3ncccn3)n2)C1. The van der Waals surface area contributed by atoms with Crippen molar-refractivity contribution in [2.75, 3.05) is 31.6 Å². The highest BCUT2D eigenvalue weighted by atomic mass is 16.5. The molecule has 3 rings (SSSR count). The summed E-state index contributed by atoms with van der Waals surface area (Å²) in [6, 6.07) is 7.70. The molecule has 0 amide bonds. The number of hydrogen-bond donors (Lipinski definition) is 1. The third kappa shape index (κ3) is 4.46. The van der Waals surface area contributed by atoms with E-state index >= 15 is 0 Å². The second kappa shape index (κ2) is 7.48. The second-order valence-electron chi connectivity index (χ2n) is 6.16. The normalized spacial score (nSPS) is 19.0. The summed E-state index contributed by atoms with van der Waals surface area (Å²) in [7, 11) is 0. The third-order valence-electron chi connectivity index (χ3n) is 3.68. The number of nitrogens with one attached hydrogen (secondary N) is 1. The van der Waals surface area contributed by atoms with Crippen LogP contribution in [0.15, 0.2) is 36.7 Å². The predicted octanol–water partition coefficient (Wildman–Crippen LogP) is 2.64. The van der Waals surface area contributed by atoms with Crippen LogP contribution in [0.25, 0.3) is 0 Å². The van der Waals surface area contributed by atoms with Gasteiger partial charge in [-0.05, 0) is 24.1 Å². The minimum atomic E-state index is 0.0148. The summed E-state index contributed by atoms with van der Waals surface area (Å²) in [6.45, 7) is 8.20. The Labute approximate surface area is 136 Å². The molecule has 1 atom stereocenters. The molecule has 1 N–H and O–H groups in total. The summed E-state index contributed by atoms with van der Waals surface area (Å²) in [4.78, 5) is 15.4. The van der Waals surface area contributed by atoms with Crippen LogP contribution in [-0.4, -0.2) is 46.1 Å². The van der Waals surface area contributed by atoms with Crippen molar-refractivity contribution < 1.29 is 4.74 Å². The Kier molecular flexibility index (Phi) is 5.15. The van der Waals surface area contributed by atoms with Crippen LogP contribution in [-0.2, 0) is 4.74 Å². The molecule has 0 saturated carbocycles. The Morgan fingerprint density at radius 1 is 1.26 bits per heavy atom. The maximum absolute atomic E-state index is 5.92. The second-order valence-corrected chi connectivity index (χ2v) is 6.16. The van der Waals surface area contributed by atoms with Crippen LogP contribution in [0.1, 0.15) is 25.6 Å². The topological polar surface area (TPSA) is 63.2 Å². The number of pyridine rings is 1. The molecule has 1 unspecified atom stereocenters. The zero-order valence-corrected chi connectivity index (χ0v) is 13.6. The Morgan fingerprint density at radius 2 is 2.09 bits per heavy atom. The number of aromatic nitrogens is 3. The highest BCUT2D eigenvalue weighted by Gasteiger charge is 2.23. The van der Waals surface area contributed by atoms with Gasteiger partial charge in [0, 0.05) is 32.0 Å². The van der Waals surface area contributed by atoms with Gasteiger partial charge in [0.25, 0.3) is 0 Å². The lowest BCUT2D eigenvalue weighted by atomic mass is 10.1. The Bertz CT molecular complexity index is 619. The zero-order chi connectivity index (χ0) is 16.1. The number of morpholine rings is 1. The number of nitrogens with zero attached hydrogens (tertiary/aromatic N) is 4. The zero-order valence-electron chi connectivity index (χ0n) is 13.6. The molecule has 0 spiro atoms. The molecule has 6 heteroatoms. The van der Waals surface area contributed by atoms with Gasteiger partial charge in [-0.2, -0.15) is 0 Å². The molecule has 0 bridgehead atoms. The van der Waals surface area contributed by atoms with Gasteiger partial charge in [-0.15, -0.1) is 0 Å². The first kappa shape index (κ1) is 15.8. The van der Waals surface area contributed by atoms with Gasteiger partial charge in [0.05, 0.1) is 12.3 Å². The molecule has 1 aliphatic heterocycles. The fraction of sp³-hybridized carbons (Fsp3) is 0.471. The number of anilines is 2. The number of hydrogen-bond acceptors (Lipinski definition) is 6. The average Bonchev–Trinajstić information content (AvgIpc) is 2.56. The van der Waals surface area contributed by atoms with E-state index in [1.165, 1.54) is 0 Å². The van der Waals surface area contributed by atoms with E-state index in [1.807, 2.05) is 18.2 Å². The van der Waals surface area contributed by atoms with E-state index in [0.717, 1.165) is 37.8 Å². The molecule has 23 heavy (non-hydrogen) atoms. The lowest BCUT2D eigenvalue weighted by Gasteiger charge is -2.33. The van der Waals surface area contributed by atoms with Crippen molar-refractivity contribution >= 4 is 11.8 Å². The quantitative estimate of drug-likeness (QED) is 0.915. The van der Waals surface area contributed by atoms with Crippen LogP contribution in [0.5, 0.6) is 0 Å². The first-order valence-corrected chi connectivity index (χ1v) is 8.05. The molecule has 1 saturated heterocycles. The van der Waals surface area contributed by atoms with Gasteiger partial charge in [0.2, 0.25) is 5.95 Å². The van der Waals surface area contributed by atoms with E-state index in [-0.39, 0.29) is 6.10 Å². The highest BCUT2D eigenvalue weighted by Crippen LogP contribution is 2.23. The monoisotopic (exact) mass is 313 g/mol. The van der Waals surface area contributed by atoms with Crippen molar-refractivity contribution in [3.8, 4) is 0 Å². The Balaban J connectivity index is 1.69. The standard InChI is InChI=1S/C17H23N5O/c1-13(2)11-22-9-10-23-15(12-22)14-5-3-6-16(20-14)21-17-18-7-4-8-19-17/h3-8,13,15H,9-12H2,1-2H3,(H,18,19,20,21). The van der Waals surface area contributed by atoms with Gasteiger partial charge in [-0.3, -0.25) is 4.90 Å². The highest BCUT2D eigenvalue weighted by molar-refractivity contribution is 5.47. The van der Waals surface area contributed by atoms with Crippen LogP contribution in [0.3, 0.4) is 0 Å². The van der Waals surface area contributed by atoms with E-state index in [1.54, 1.807) is 18.5 Å². The van der Waals surface area contributed by atoms with Crippen molar-refractivity contribution in [1.82, 2.24) is 19.9 Å². The maximum atomic E-state index is 5.92. The summed E-state index contributed by atoms with van der Waals surface area (Å²) in [5.74, 6) is 1.94. The van der Waals surface area contributed by atoms with E-state index in [9.17, 15) is 0 Å². The predicted molar refractivity (Wildman–Crippen MR) is 89.5 cm³/mol. The summed E-state index contributed by atoms with van der Waals surface area (Å²) in [6.07, 6.45) is 3.42. The molecule has 0 aromatic carbocycles. The van der Waals surface area contributed by atoms with Crippen LogP contribution < -0.4 is 5.32 Å². The molecule has 2 aromatic heterocycles. The molecule has 6 nitrogen and oxygen atoms in total. The largest absolute Gasteiger partial charge is 0.369 e. The van der Waals surface area contributed by atoms with Crippen LogP contribution >= 0.6 is 0 Å². The van der Waals surface area contributed by atoms with Crippen molar-refractivity contribution in [3.05, 3.63) is 42.4 Å². The molecule has 0 radical (unpaired) electrons. The van der Waals surface area contributed by atoms with Crippen LogP contribution in [0.4, 0.5) is 11.8 Å². The fourth-order valence-electron chi connectivity index (χ4n) is 2.74. The summed E-state index contributed by atoms with van der Waals surface area (Å²) in [5, 5.41) is 3.12. The maximum Gasteiger partial charge on any atom is 0.228 e. The Hall–Kier alpha value is -2.05. The third-order valence-corrected chi connectivity index (χ3v) is 3.68. The van der Waals surface area contributed by atoms with Gasteiger partial charge in [0.1, 0.15) is 11.9 Å².